The van der Waals surface area contributed by atoms with Crippen molar-refractivity contribution in [1.29, 1.82) is 0 Å². The van der Waals surface area contributed by atoms with Crippen LogP contribution in [0, 0.1) is 17.8 Å². The Kier molecular flexibility index (Phi) is 26.0. The van der Waals surface area contributed by atoms with Gasteiger partial charge in [0.15, 0.2) is 11.6 Å². The number of H-pyrrole nitrogens is 1. The molecule has 4 atom stereocenters. The molecule has 1 saturated heterocycles. The molecule has 0 bridgehead atoms. The number of benzene rings is 1. The van der Waals surface area contributed by atoms with Crippen LogP contribution in [-0.2, 0) is 56.4 Å². The second-order valence-electron chi connectivity index (χ2n) is 16.9. The fraction of sp³-hybridized carbons (Fsp3) is 0.682. The second-order valence-corrected chi connectivity index (χ2v) is 21.3. The molecule has 3 amide bonds. The number of sulfonamides is 1. The number of primary amides is 1. The van der Waals surface area contributed by atoms with Gasteiger partial charge >= 0.3 is 5.97 Å². The number of carbonyl (C=O) groups is 7. The van der Waals surface area contributed by atoms with Crippen LogP contribution < -0.4 is 15.8 Å². The molecule has 65 heavy (non-hydrogen) atoms. The van der Waals surface area contributed by atoms with Crippen molar-refractivity contribution in [2.75, 3.05) is 17.3 Å². The van der Waals surface area contributed by atoms with Gasteiger partial charge in [-0.15, -0.1) is 10.2 Å². The van der Waals surface area contributed by atoms with E-state index in [1.807, 2.05) is 0 Å². The fourth-order valence-electron chi connectivity index (χ4n) is 7.53. The molecule has 0 unspecified atom stereocenters. The maximum Gasteiger partial charge on any atom is 0.303 e. The molecular weight excluding hydrogens is 899 g/mol. The van der Waals surface area contributed by atoms with E-state index in [1.165, 1.54) is 78.7 Å². The molecule has 1 aromatic carbocycles. The SMILES string of the molecule is NC(=O)[C@@H](CC(=O)[C@@H]1CSSC[C@H](CC(=O)[C@H](CCC(=O)O)NC(=O)CCCS(=O)(=O)NC(=O)CCCCCCCCCCCCCCCc2nn[nH]n2)C(=O)C1)Cc1ccc(O)cc1.[HH].[HH].[HH]. The van der Waals surface area contributed by atoms with Crippen molar-refractivity contribution in [3.05, 3.63) is 35.7 Å². The number of nitrogens with two attached hydrogens (primary N) is 1. The first-order valence-electron chi connectivity index (χ1n) is 22.8. The van der Waals surface area contributed by atoms with E-state index in [2.05, 4.69) is 30.7 Å². The summed E-state index contributed by atoms with van der Waals surface area (Å²) in [5.74, 6) is -5.91. The Bertz CT molecular complexity index is 1940. The van der Waals surface area contributed by atoms with Gasteiger partial charge in [-0.25, -0.2) is 8.42 Å². The number of hydrogen-bond donors (Lipinski definition) is 6. The smallest absolute Gasteiger partial charge is 0.303 e. The van der Waals surface area contributed by atoms with Crippen LogP contribution in [0.2, 0.25) is 0 Å². The van der Waals surface area contributed by atoms with Crippen molar-refractivity contribution in [2.24, 2.45) is 23.5 Å². The summed E-state index contributed by atoms with van der Waals surface area (Å²) in [6, 6.07) is 4.93. The summed E-state index contributed by atoms with van der Waals surface area (Å²) in [5, 5.41) is 35.3. The lowest BCUT2D eigenvalue weighted by Crippen LogP contribution is -2.43. The molecule has 7 N–H and O–H groups in total. The van der Waals surface area contributed by atoms with Gasteiger partial charge in [-0.3, -0.25) is 38.3 Å². The van der Waals surface area contributed by atoms with E-state index in [0.29, 0.717) is 17.7 Å². The number of carboxylic acids is 1. The van der Waals surface area contributed by atoms with E-state index >= 15 is 0 Å². The average Bonchev–Trinajstić information content (AvgIpc) is 3.77. The zero-order valence-electron chi connectivity index (χ0n) is 37.2. The van der Waals surface area contributed by atoms with Crippen molar-refractivity contribution in [3.8, 4) is 5.75 Å². The first kappa shape index (κ1) is 55.0. The van der Waals surface area contributed by atoms with Crippen LogP contribution in [0.4, 0.5) is 0 Å². The highest BCUT2D eigenvalue weighted by Gasteiger charge is 2.34. The predicted octanol–water partition coefficient (Wildman–Crippen LogP) is 6.07. The first-order chi connectivity index (χ1) is 31.1. The average molecular weight is 972 g/mol. The molecular formula is C44H73N7O11S3. The molecule has 2 heterocycles. The number of hydrogen-bond acceptors (Lipinski definition) is 15. The van der Waals surface area contributed by atoms with Crippen LogP contribution in [0.25, 0.3) is 0 Å². The van der Waals surface area contributed by atoms with E-state index in [0.717, 1.165) is 44.3 Å². The Morgan fingerprint density at radius 3 is 2.03 bits per heavy atom. The molecule has 368 valence electrons. The van der Waals surface area contributed by atoms with Crippen molar-refractivity contribution < 1.29 is 56.5 Å². The number of ketones is 3. The van der Waals surface area contributed by atoms with Gasteiger partial charge in [0.25, 0.3) is 0 Å². The molecule has 0 aliphatic carbocycles. The molecule has 18 nitrogen and oxygen atoms in total. The molecule has 21 heteroatoms. The van der Waals surface area contributed by atoms with Gasteiger partial charge in [0, 0.05) is 78.5 Å². The molecule has 1 aliphatic rings. The van der Waals surface area contributed by atoms with Crippen LogP contribution in [0.1, 0.15) is 151 Å². The third-order valence-electron chi connectivity index (χ3n) is 11.3. The van der Waals surface area contributed by atoms with E-state index in [1.54, 1.807) is 12.1 Å². The molecule has 3 rings (SSSR count). The number of nitrogens with zero attached hydrogens (tertiary/aromatic N) is 3. The quantitative estimate of drug-likeness (QED) is 0.0342. The highest BCUT2D eigenvalue weighted by Crippen LogP contribution is 2.34. The third kappa shape index (κ3) is 24.1. The lowest BCUT2D eigenvalue weighted by molar-refractivity contribution is -0.138. The van der Waals surface area contributed by atoms with Crippen molar-refractivity contribution in [2.45, 2.75) is 154 Å². The third-order valence-corrected chi connectivity index (χ3v) is 15.3. The minimum Gasteiger partial charge on any atom is -0.508 e. The number of nitrogens with one attached hydrogen (secondary N) is 3. The van der Waals surface area contributed by atoms with E-state index in [9.17, 15) is 52.2 Å². The first-order valence-corrected chi connectivity index (χ1v) is 26.9. The number of aromatic hydroxyl groups is 1. The molecule has 1 aliphatic heterocycles. The summed E-state index contributed by atoms with van der Waals surface area (Å²) in [6.07, 6.45) is 13.3. The summed E-state index contributed by atoms with van der Waals surface area (Å²) in [6.45, 7) is 0. The zero-order valence-corrected chi connectivity index (χ0v) is 39.7. The Labute approximate surface area is 394 Å². The number of Topliss-reactive ketones (excluding diaryl/α,β-unsaturated/α-hetero) is 3. The Morgan fingerprint density at radius 2 is 1.43 bits per heavy atom. The number of carboxylic acid groups (broad SMARTS) is 1. The number of amides is 3. The molecule has 1 aromatic heterocycles. The normalized spacial score (nSPS) is 16.5. The maximum atomic E-state index is 13.5. The number of rotatable bonds is 34. The van der Waals surface area contributed by atoms with Crippen LogP contribution in [-0.4, -0.2) is 104 Å². The topological polar surface area (TPSA) is 299 Å². The number of aromatic nitrogens is 4. The number of carbonyl (C=O) groups excluding carboxylic acids is 6. The van der Waals surface area contributed by atoms with E-state index < -0.39 is 75.5 Å². The summed E-state index contributed by atoms with van der Waals surface area (Å²) in [5.41, 5.74) is 6.31. The molecule has 0 radical (unpaired) electrons. The maximum absolute atomic E-state index is 13.5. The summed E-state index contributed by atoms with van der Waals surface area (Å²) in [4.78, 5) is 89.2. The number of aliphatic carboxylic acids is 1. The summed E-state index contributed by atoms with van der Waals surface area (Å²) >= 11 is 0. The van der Waals surface area contributed by atoms with E-state index in [4.69, 9.17) is 5.73 Å². The van der Waals surface area contributed by atoms with Gasteiger partial charge in [0.05, 0.1) is 11.8 Å². The van der Waals surface area contributed by atoms with Crippen molar-refractivity contribution in [3.63, 3.8) is 0 Å². The predicted molar refractivity (Wildman–Crippen MR) is 254 cm³/mol. The highest BCUT2D eigenvalue weighted by molar-refractivity contribution is 8.76. The number of phenols is 1. The lowest BCUT2D eigenvalue weighted by atomic mass is 9.85. The second kappa shape index (κ2) is 30.8. The Morgan fingerprint density at radius 1 is 0.831 bits per heavy atom. The zero-order chi connectivity index (χ0) is 47.5. The van der Waals surface area contributed by atoms with E-state index in [-0.39, 0.29) is 78.7 Å². The highest BCUT2D eigenvalue weighted by atomic mass is 33.1. The van der Waals surface area contributed by atoms with Crippen LogP contribution in [0.15, 0.2) is 24.3 Å². The summed E-state index contributed by atoms with van der Waals surface area (Å²) in [7, 11) is -1.35. The largest absolute Gasteiger partial charge is 0.508 e. The summed E-state index contributed by atoms with van der Waals surface area (Å²) < 4.78 is 27.2. The minimum absolute atomic E-state index is 0. The molecule has 0 saturated carbocycles. The Balaban J connectivity index is 0.0000150. The lowest BCUT2D eigenvalue weighted by Gasteiger charge is -2.25. The van der Waals surface area contributed by atoms with Crippen LogP contribution >= 0.6 is 21.6 Å². The van der Waals surface area contributed by atoms with Gasteiger partial charge in [0.1, 0.15) is 17.3 Å². The van der Waals surface area contributed by atoms with Gasteiger partial charge in [-0.2, -0.15) is 5.21 Å². The van der Waals surface area contributed by atoms with Gasteiger partial charge in [-0.1, -0.05) is 110 Å². The van der Waals surface area contributed by atoms with Crippen molar-refractivity contribution >= 4 is 72.7 Å². The van der Waals surface area contributed by atoms with Gasteiger partial charge < -0.3 is 21.3 Å². The monoisotopic (exact) mass is 971 g/mol. The number of unbranched alkanes of at least 4 members (excludes halogenated alkanes) is 12. The van der Waals surface area contributed by atoms with Gasteiger partial charge in [-0.05, 0) is 49.8 Å². The van der Waals surface area contributed by atoms with Crippen LogP contribution in [0.5, 0.6) is 5.75 Å². The van der Waals surface area contributed by atoms with Gasteiger partial charge in [0.2, 0.25) is 27.7 Å². The number of tetrazole rings is 1. The Hall–Kier alpha value is -4.37. The van der Waals surface area contributed by atoms with Crippen LogP contribution in [0.3, 0.4) is 0 Å². The minimum atomic E-state index is -4.02. The van der Waals surface area contributed by atoms with Crippen molar-refractivity contribution in [1.82, 2.24) is 30.7 Å². The number of phenolic OH excluding ortho intramolecular Hbond substituents is 1. The number of aromatic amines is 1. The fourth-order valence-corrected chi connectivity index (χ4v) is 11.3. The molecule has 0 spiro atoms. The number of aryl methyl sites for hydroxylation is 1. The standard InChI is InChI=1S/C44H67N7O11S3.3H2/c45-44(60)32(25-31-18-20-35(52)21-19-31)26-37(53)33-27-38(54)34(30-64-63-29-33)28-39(55)36(22-23-43(58)59)46-41(56)17-14-24-65(61,62)49-42(57)16-13-11-9-7-5-3-1-2-4-6-8-10-12-15-40-47-50-51-48-40;;;/h18-21,32-34,36,52H,1-17,22-30H2,(H2,45,60)(H,46,56)(H,49,57)(H,58,59)(H,47,48,50,51);3*1H/t32-,33+,34+,36+;;;/m1.../s1. The molecule has 1 fully saturated rings. The molecule has 2 aromatic rings.